The molecule has 1 aromatic rings. The summed E-state index contributed by atoms with van der Waals surface area (Å²) in [5.41, 5.74) is 1.23. The van der Waals surface area contributed by atoms with Gasteiger partial charge in [0.25, 0.3) is 0 Å². The molecule has 1 saturated heterocycles. The highest BCUT2D eigenvalue weighted by atomic mass is 35.5. The van der Waals surface area contributed by atoms with Crippen molar-refractivity contribution in [1.82, 2.24) is 10.2 Å². The van der Waals surface area contributed by atoms with Crippen LogP contribution in [0.3, 0.4) is 0 Å². The van der Waals surface area contributed by atoms with Gasteiger partial charge in [0.05, 0.1) is 0 Å². The Hall–Kier alpha value is -0.480. The van der Waals surface area contributed by atoms with Gasteiger partial charge in [0.1, 0.15) is 5.75 Å². The maximum absolute atomic E-state index is 9.52. The second-order valence-corrected chi connectivity index (χ2v) is 4.31. The second-order valence-electron chi connectivity index (χ2n) is 4.31. The lowest BCUT2D eigenvalue weighted by molar-refractivity contribution is 0.169. The molecular formula is C13H22Cl2N2O. The van der Waals surface area contributed by atoms with Gasteiger partial charge in [-0.25, -0.2) is 0 Å². The number of rotatable bonds is 3. The van der Waals surface area contributed by atoms with E-state index in [0.29, 0.717) is 11.8 Å². The topological polar surface area (TPSA) is 35.5 Å². The summed E-state index contributed by atoms with van der Waals surface area (Å²) in [5, 5.41) is 12.9. The Morgan fingerprint density at radius 1 is 1.28 bits per heavy atom. The monoisotopic (exact) mass is 292 g/mol. The zero-order valence-corrected chi connectivity index (χ0v) is 12.3. The van der Waals surface area contributed by atoms with Gasteiger partial charge in [0, 0.05) is 32.2 Å². The molecule has 18 heavy (non-hydrogen) atoms. The van der Waals surface area contributed by atoms with E-state index in [0.717, 1.165) is 32.6 Å². The SMILES string of the molecule is CCC(c1cccc(O)c1)N1CCNCC1.Cl.Cl. The number of aromatic hydroxyl groups is 1. The van der Waals surface area contributed by atoms with Gasteiger partial charge in [-0.15, -0.1) is 24.8 Å². The van der Waals surface area contributed by atoms with Gasteiger partial charge < -0.3 is 10.4 Å². The number of halogens is 2. The molecule has 0 radical (unpaired) electrons. The average molecular weight is 293 g/mol. The molecule has 0 saturated carbocycles. The minimum absolute atomic E-state index is 0. The van der Waals surface area contributed by atoms with Gasteiger partial charge in [0.2, 0.25) is 0 Å². The van der Waals surface area contributed by atoms with Crippen LogP contribution in [0.15, 0.2) is 24.3 Å². The minimum atomic E-state index is 0. The van der Waals surface area contributed by atoms with Gasteiger partial charge >= 0.3 is 0 Å². The van der Waals surface area contributed by atoms with Crippen LogP contribution < -0.4 is 5.32 Å². The number of hydrogen-bond donors (Lipinski definition) is 2. The van der Waals surface area contributed by atoms with Gasteiger partial charge in [-0.3, -0.25) is 4.90 Å². The average Bonchev–Trinajstić information content (AvgIpc) is 2.31. The number of benzene rings is 1. The Morgan fingerprint density at radius 2 is 1.94 bits per heavy atom. The van der Waals surface area contributed by atoms with E-state index < -0.39 is 0 Å². The molecular weight excluding hydrogens is 271 g/mol. The minimum Gasteiger partial charge on any atom is -0.508 e. The molecule has 1 atom stereocenters. The lowest BCUT2D eigenvalue weighted by Crippen LogP contribution is -2.45. The number of hydrogen-bond acceptors (Lipinski definition) is 3. The molecule has 1 unspecified atom stereocenters. The first kappa shape index (κ1) is 17.5. The third-order valence-electron chi connectivity index (χ3n) is 3.23. The van der Waals surface area contributed by atoms with Crippen molar-refractivity contribution in [1.29, 1.82) is 0 Å². The molecule has 1 heterocycles. The molecule has 1 fully saturated rings. The molecule has 1 aromatic carbocycles. The molecule has 0 bridgehead atoms. The van der Waals surface area contributed by atoms with E-state index in [1.54, 1.807) is 6.07 Å². The smallest absolute Gasteiger partial charge is 0.115 e. The highest BCUT2D eigenvalue weighted by Crippen LogP contribution is 2.26. The quantitative estimate of drug-likeness (QED) is 0.899. The van der Waals surface area contributed by atoms with Gasteiger partial charge in [-0.2, -0.15) is 0 Å². The van der Waals surface area contributed by atoms with Crippen LogP contribution >= 0.6 is 24.8 Å². The van der Waals surface area contributed by atoms with Crippen LogP contribution in [0.2, 0.25) is 0 Å². The zero-order chi connectivity index (χ0) is 11.4. The number of phenols is 1. The third-order valence-corrected chi connectivity index (χ3v) is 3.23. The largest absolute Gasteiger partial charge is 0.508 e. The van der Waals surface area contributed by atoms with Crippen LogP contribution in [-0.2, 0) is 0 Å². The van der Waals surface area contributed by atoms with Crippen LogP contribution in [0.1, 0.15) is 24.9 Å². The van der Waals surface area contributed by atoms with Crippen molar-refractivity contribution in [3.63, 3.8) is 0 Å². The van der Waals surface area contributed by atoms with Crippen LogP contribution in [0.25, 0.3) is 0 Å². The fourth-order valence-corrected chi connectivity index (χ4v) is 2.43. The van der Waals surface area contributed by atoms with Crippen LogP contribution in [0.4, 0.5) is 0 Å². The maximum atomic E-state index is 9.52. The van der Waals surface area contributed by atoms with Crippen molar-refractivity contribution >= 4 is 24.8 Å². The molecule has 2 rings (SSSR count). The van der Waals surface area contributed by atoms with Gasteiger partial charge in [-0.05, 0) is 24.1 Å². The summed E-state index contributed by atoms with van der Waals surface area (Å²) in [6.07, 6.45) is 1.09. The number of piperazine rings is 1. The summed E-state index contributed by atoms with van der Waals surface area (Å²) in [5.74, 6) is 0.367. The number of nitrogens with one attached hydrogen (secondary N) is 1. The van der Waals surface area contributed by atoms with Gasteiger partial charge in [-0.1, -0.05) is 19.1 Å². The standard InChI is InChI=1S/C13H20N2O.2ClH/c1-2-13(15-8-6-14-7-9-15)11-4-3-5-12(16)10-11;;/h3-5,10,13-14,16H,2,6-9H2,1H3;2*1H. The molecule has 1 aliphatic rings. The fourth-order valence-electron chi connectivity index (χ4n) is 2.43. The predicted molar refractivity (Wildman–Crippen MR) is 80.1 cm³/mol. The van der Waals surface area contributed by atoms with Crippen molar-refractivity contribution in [3.05, 3.63) is 29.8 Å². The van der Waals surface area contributed by atoms with E-state index >= 15 is 0 Å². The first-order chi connectivity index (χ1) is 7.81. The summed E-state index contributed by atoms with van der Waals surface area (Å²) in [4.78, 5) is 2.49. The van der Waals surface area contributed by atoms with E-state index in [-0.39, 0.29) is 24.8 Å². The van der Waals surface area contributed by atoms with Crippen molar-refractivity contribution in [2.24, 2.45) is 0 Å². The molecule has 0 aliphatic carbocycles. The Bertz CT molecular complexity index is 344. The molecule has 3 nitrogen and oxygen atoms in total. The second kappa shape index (κ2) is 8.59. The lowest BCUT2D eigenvalue weighted by atomic mass is 10.0. The fraction of sp³-hybridized carbons (Fsp3) is 0.538. The summed E-state index contributed by atoms with van der Waals surface area (Å²) in [7, 11) is 0. The summed E-state index contributed by atoms with van der Waals surface area (Å²) in [6, 6.07) is 8.09. The zero-order valence-electron chi connectivity index (χ0n) is 10.6. The van der Waals surface area contributed by atoms with E-state index in [9.17, 15) is 5.11 Å². The van der Waals surface area contributed by atoms with Crippen molar-refractivity contribution in [3.8, 4) is 5.75 Å². The molecule has 2 N–H and O–H groups in total. The summed E-state index contributed by atoms with van der Waals surface area (Å²) < 4.78 is 0. The number of nitrogens with zero attached hydrogens (tertiary/aromatic N) is 1. The Morgan fingerprint density at radius 3 is 2.50 bits per heavy atom. The molecule has 1 aliphatic heterocycles. The maximum Gasteiger partial charge on any atom is 0.115 e. The highest BCUT2D eigenvalue weighted by Gasteiger charge is 2.20. The van der Waals surface area contributed by atoms with E-state index in [4.69, 9.17) is 0 Å². The van der Waals surface area contributed by atoms with E-state index in [1.165, 1.54) is 5.56 Å². The van der Waals surface area contributed by atoms with Crippen molar-refractivity contribution in [2.75, 3.05) is 26.2 Å². The van der Waals surface area contributed by atoms with E-state index in [1.807, 2.05) is 12.1 Å². The van der Waals surface area contributed by atoms with Crippen molar-refractivity contribution in [2.45, 2.75) is 19.4 Å². The normalized spacial score (nSPS) is 17.4. The van der Waals surface area contributed by atoms with Crippen LogP contribution in [0, 0.1) is 0 Å². The molecule has 0 spiro atoms. The highest BCUT2D eigenvalue weighted by molar-refractivity contribution is 5.85. The molecule has 0 amide bonds. The molecule has 5 heteroatoms. The third kappa shape index (κ3) is 4.32. The lowest BCUT2D eigenvalue weighted by Gasteiger charge is -2.34. The predicted octanol–water partition coefficient (Wildman–Crippen LogP) is 2.59. The summed E-state index contributed by atoms with van der Waals surface area (Å²) in [6.45, 7) is 6.52. The van der Waals surface area contributed by atoms with E-state index in [2.05, 4.69) is 23.2 Å². The van der Waals surface area contributed by atoms with Crippen LogP contribution in [0.5, 0.6) is 5.75 Å². The first-order valence-corrected chi connectivity index (χ1v) is 6.05. The van der Waals surface area contributed by atoms with Gasteiger partial charge in [0.15, 0.2) is 0 Å². The Kier molecular flexibility index (Phi) is 8.36. The van der Waals surface area contributed by atoms with Crippen molar-refractivity contribution < 1.29 is 5.11 Å². The molecule has 104 valence electrons. The summed E-state index contributed by atoms with van der Waals surface area (Å²) >= 11 is 0. The Labute approximate surface area is 121 Å². The molecule has 0 aromatic heterocycles. The Balaban J connectivity index is 0.00000144. The first-order valence-electron chi connectivity index (χ1n) is 6.05. The number of phenolic OH excluding ortho intramolecular Hbond substituents is 1. The van der Waals surface area contributed by atoms with Crippen LogP contribution in [-0.4, -0.2) is 36.2 Å².